The van der Waals surface area contributed by atoms with E-state index >= 15 is 0 Å². The van der Waals surface area contributed by atoms with Gasteiger partial charge >= 0.3 is 5.97 Å². The molecule has 0 saturated carbocycles. The molecule has 1 aliphatic rings. The fourth-order valence-electron chi connectivity index (χ4n) is 3.28. The van der Waals surface area contributed by atoms with Crippen molar-refractivity contribution in [2.24, 2.45) is 0 Å². The minimum absolute atomic E-state index is 0.0809. The average Bonchev–Trinajstić information content (AvgIpc) is 3.37. The Bertz CT molecular complexity index is 1100. The lowest BCUT2D eigenvalue weighted by Crippen LogP contribution is -2.30. The maximum atomic E-state index is 12.5. The number of likely N-dealkylation sites (N-methyl/N-ethyl adjacent to an activating group) is 1. The van der Waals surface area contributed by atoms with Crippen LogP contribution in [0.5, 0.6) is 0 Å². The third kappa shape index (κ3) is 3.55. The smallest absolute Gasteiger partial charge is 0.338 e. The Kier molecular flexibility index (Phi) is 4.95. The number of ether oxygens (including phenoxy) is 1. The van der Waals surface area contributed by atoms with Gasteiger partial charge in [0.1, 0.15) is 5.82 Å². The van der Waals surface area contributed by atoms with Crippen LogP contribution in [0.4, 0.5) is 0 Å². The fourth-order valence-corrected chi connectivity index (χ4v) is 3.94. The van der Waals surface area contributed by atoms with Gasteiger partial charge in [-0.15, -0.1) is 0 Å². The van der Waals surface area contributed by atoms with Gasteiger partial charge in [-0.3, -0.25) is 14.2 Å². The van der Waals surface area contributed by atoms with Crippen molar-refractivity contribution in [2.45, 2.75) is 25.9 Å². The van der Waals surface area contributed by atoms with Crippen molar-refractivity contribution in [1.82, 2.24) is 14.5 Å². The van der Waals surface area contributed by atoms with Crippen molar-refractivity contribution < 1.29 is 14.3 Å². The number of esters is 1. The molecule has 1 aromatic carbocycles. The van der Waals surface area contributed by atoms with E-state index in [-0.39, 0.29) is 23.6 Å². The second-order valence-corrected chi connectivity index (χ2v) is 7.56. The molecular weight excluding hydrogens is 378 g/mol. The molecular formula is C20H19N3O4S. The van der Waals surface area contributed by atoms with E-state index in [2.05, 4.69) is 4.98 Å². The molecule has 1 amide bonds. The second-order valence-electron chi connectivity index (χ2n) is 6.78. The fraction of sp³-hybridized carbons (Fsp3) is 0.300. The minimum Gasteiger partial charge on any atom is -0.452 e. The third-order valence-corrected chi connectivity index (χ3v) is 5.54. The number of nitrogens with zero attached hydrogens (tertiary/aromatic N) is 3. The van der Waals surface area contributed by atoms with E-state index < -0.39 is 5.97 Å². The van der Waals surface area contributed by atoms with Crippen LogP contribution in [0.15, 0.2) is 39.8 Å². The van der Waals surface area contributed by atoms with Crippen molar-refractivity contribution in [1.29, 1.82) is 0 Å². The monoisotopic (exact) mass is 397 g/mol. The molecule has 0 aliphatic carbocycles. The summed E-state index contributed by atoms with van der Waals surface area (Å²) in [4.78, 5) is 43.0. The van der Waals surface area contributed by atoms with Gasteiger partial charge in [0.25, 0.3) is 11.5 Å². The highest BCUT2D eigenvalue weighted by Crippen LogP contribution is 2.17. The number of carbonyl (C=O) groups excluding carboxylic acids is 2. The van der Waals surface area contributed by atoms with Crippen molar-refractivity contribution >= 4 is 34.1 Å². The highest BCUT2D eigenvalue weighted by atomic mass is 32.1. The van der Waals surface area contributed by atoms with Crippen molar-refractivity contribution in [2.75, 3.05) is 13.7 Å². The van der Waals surface area contributed by atoms with Crippen LogP contribution in [-0.4, -0.2) is 40.0 Å². The van der Waals surface area contributed by atoms with E-state index in [1.165, 1.54) is 11.0 Å². The van der Waals surface area contributed by atoms with Crippen molar-refractivity contribution in [3.8, 4) is 0 Å². The van der Waals surface area contributed by atoms with Crippen molar-refractivity contribution in [3.05, 3.63) is 62.3 Å². The molecule has 1 aliphatic heterocycles. The summed E-state index contributed by atoms with van der Waals surface area (Å²) >= 11 is 1.56. The number of hydrogen-bond acceptors (Lipinski definition) is 6. The first-order chi connectivity index (χ1) is 13.5. The summed E-state index contributed by atoms with van der Waals surface area (Å²) in [5.41, 5.74) is 1.71. The van der Waals surface area contributed by atoms with E-state index in [9.17, 15) is 14.4 Å². The first kappa shape index (κ1) is 18.4. The Hall–Kier alpha value is -3.00. The molecule has 28 heavy (non-hydrogen) atoms. The van der Waals surface area contributed by atoms with Gasteiger partial charge in [-0.05, 0) is 47.0 Å². The third-order valence-electron chi connectivity index (χ3n) is 4.80. The normalized spacial score (nSPS) is 12.8. The highest BCUT2D eigenvalue weighted by molar-refractivity contribution is 7.07. The zero-order valence-electron chi connectivity index (χ0n) is 15.4. The molecule has 7 nitrogen and oxygen atoms in total. The summed E-state index contributed by atoms with van der Waals surface area (Å²) in [7, 11) is 1.67. The van der Waals surface area contributed by atoms with Gasteiger partial charge in [0, 0.05) is 26.6 Å². The molecule has 0 bridgehead atoms. The van der Waals surface area contributed by atoms with Crippen LogP contribution in [0.2, 0.25) is 0 Å². The summed E-state index contributed by atoms with van der Waals surface area (Å²) in [5.74, 6) is -0.149. The Morgan fingerprint density at radius 2 is 2.18 bits per heavy atom. The Morgan fingerprint density at radius 3 is 2.96 bits per heavy atom. The number of aromatic nitrogens is 2. The molecule has 4 rings (SSSR count). The van der Waals surface area contributed by atoms with E-state index in [1.807, 2.05) is 16.8 Å². The lowest BCUT2D eigenvalue weighted by molar-refractivity contribution is -0.133. The number of thiophene rings is 1. The van der Waals surface area contributed by atoms with Crippen LogP contribution >= 0.6 is 11.3 Å². The molecule has 0 radical (unpaired) electrons. The maximum Gasteiger partial charge on any atom is 0.338 e. The summed E-state index contributed by atoms with van der Waals surface area (Å²) in [6.07, 6.45) is 1.65. The zero-order chi connectivity index (χ0) is 19.7. The summed E-state index contributed by atoms with van der Waals surface area (Å²) in [5, 5.41) is 4.40. The van der Waals surface area contributed by atoms with Crippen LogP contribution in [0.3, 0.4) is 0 Å². The van der Waals surface area contributed by atoms with Gasteiger partial charge in [-0.25, -0.2) is 9.78 Å². The number of aryl methyl sites for hydroxylation is 1. The van der Waals surface area contributed by atoms with Crippen molar-refractivity contribution in [3.63, 3.8) is 0 Å². The first-order valence-electron chi connectivity index (χ1n) is 8.98. The second kappa shape index (κ2) is 7.55. The molecule has 3 heterocycles. The molecule has 8 heteroatoms. The van der Waals surface area contributed by atoms with Gasteiger partial charge in [-0.1, -0.05) is 0 Å². The Morgan fingerprint density at radius 1 is 1.32 bits per heavy atom. The first-order valence-corrected chi connectivity index (χ1v) is 9.93. The van der Waals surface area contributed by atoms with Gasteiger partial charge in [-0.2, -0.15) is 11.3 Å². The topological polar surface area (TPSA) is 81.5 Å². The molecule has 3 aromatic rings. The van der Waals surface area contributed by atoms with E-state index in [0.717, 1.165) is 24.2 Å². The minimum atomic E-state index is -0.610. The highest BCUT2D eigenvalue weighted by Gasteiger charge is 2.18. The molecule has 0 atom stereocenters. The van der Waals surface area contributed by atoms with Crippen LogP contribution in [0, 0.1) is 0 Å². The van der Waals surface area contributed by atoms with Crippen LogP contribution < -0.4 is 5.56 Å². The molecule has 144 valence electrons. The molecule has 0 spiro atoms. The summed E-state index contributed by atoms with van der Waals surface area (Å²) in [6.45, 7) is 0.814. The largest absolute Gasteiger partial charge is 0.452 e. The van der Waals surface area contributed by atoms with Gasteiger partial charge in [0.05, 0.1) is 16.5 Å². The van der Waals surface area contributed by atoms with Gasteiger partial charge in [0.2, 0.25) is 0 Å². The van der Waals surface area contributed by atoms with Crippen LogP contribution in [0.1, 0.15) is 28.2 Å². The Balaban J connectivity index is 1.44. The molecule has 0 unspecified atom stereocenters. The number of hydrogen-bond donors (Lipinski definition) is 0. The summed E-state index contributed by atoms with van der Waals surface area (Å²) in [6, 6.07) is 6.63. The summed E-state index contributed by atoms with van der Waals surface area (Å²) < 4.78 is 6.85. The quantitative estimate of drug-likeness (QED) is 0.617. The molecule has 2 aromatic heterocycles. The predicted octanol–water partition coefficient (Wildman–Crippen LogP) is 2.22. The predicted molar refractivity (Wildman–Crippen MR) is 105 cm³/mol. The van der Waals surface area contributed by atoms with E-state index in [4.69, 9.17) is 4.74 Å². The SMILES string of the molecule is CN(Cc1ccsc1)C(=O)COC(=O)c1ccc2c(=O)n3c(nc2c1)CCC3. The van der Waals surface area contributed by atoms with E-state index in [1.54, 1.807) is 35.1 Å². The lowest BCUT2D eigenvalue weighted by Gasteiger charge is -2.16. The molecule has 0 N–H and O–H groups in total. The number of amides is 1. The molecule has 0 saturated heterocycles. The number of benzene rings is 1. The standard InChI is InChI=1S/C20H19N3O4S/c1-22(10-13-6-8-28-12-13)18(24)11-27-20(26)14-4-5-15-16(9-14)21-17-3-2-7-23(17)19(15)25/h4-6,8-9,12H,2-3,7,10-11H2,1H3. The van der Waals surface area contributed by atoms with Gasteiger partial charge < -0.3 is 9.64 Å². The number of fused-ring (bicyclic) bond motifs is 2. The van der Waals surface area contributed by atoms with Crippen LogP contribution in [-0.2, 0) is 29.0 Å². The van der Waals surface area contributed by atoms with Gasteiger partial charge in [0.15, 0.2) is 6.61 Å². The number of rotatable bonds is 5. The maximum absolute atomic E-state index is 12.5. The molecule has 0 fully saturated rings. The van der Waals surface area contributed by atoms with E-state index in [0.29, 0.717) is 24.0 Å². The number of carbonyl (C=O) groups is 2. The lowest BCUT2D eigenvalue weighted by atomic mass is 10.1. The Labute approximate surface area is 165 Å². The average molecular weight is 397 g/mol. The van der Waals surface area contributed by atoms with Crippen LogP contribution in [0.25, 0.3) is 10.9 Å². The zero-order valence-corrected chi connectivity index (χ0v) is 16.2.